The van der Waals surface area contributed by atoms with Crippen molar-refractivity contribution in [3.8, 4) is 5.69 Å². The maximum absolute atomic E-state index is 12.8. The molecule has 180 valence electrons. The molecule has 0 bridgehead atoms. The van der Waals surface area contributed by atoms with Gasteiger partial charge in [0.1, 0.15) is 11.4 Å². The average Bonchev–Trinajstić information content (AvgIpc) is 3.34. The van der Waals surface area contributed by atoms with Gasteiger partial charge in [-0.25, -0.2) is 23.1 Å². The molecule has 1 aliphatic rings. The van der Waals surface area contributed by atoms with E-state index in [2.05, 4.69) is 20.4 Å². The lowest BCUT2D eigenvalue weighted by Crippen LogP contribution is -2.35. The number of aromatic nitrogens is 4. The van der Waals surface area contributed by atoms with Gasteiger partial charge in [0.05, 0.1) is 27.9 Å². The van der Waals surface area contributed by atoms with Gasteiger partial charge in [-0.05, 0) is 49.2 Å². The molecule has 3 heterocycles. The smallest absolute Gasteiger partial charge is 0.243 e. The van der Waals surface area contributed by atoms with Crippen molar-refractivity contribution in [2.75, 3.05) is 24.2 Å². The summed E-state index contributed by atoms with van der Waals surface area (Å²) in [5.41, 5.74) is 2.10. The van der Waals surface area contributed by atoms with Crippen molar-refractivity contribution >= 4 is 44.4 Å². The number of rotatable bonds is 7. The van der Waals surface area contributed by atoms with E-state index < -0.39 is 10.0 Å². The molecule has 4 aromatic rings. The lowest BCUT2D eigenvalue weighted by molar-refractivity contribution is -0.113. The monoisotopic (exact) mass is 508 g/mol. The highest BCUT2D eigenvalue weighted by atomic mass is 32.2. The number of para-hydroxylation sites is 1. The van der Waals surface area contributed by atoms with Gasteiger partial charge in [0.2, 0.25) is 15.9 Å². The quantitative estimate of drug-likeness (QED) is 0.299. The highest BCUT2D eigenvalue weighted by molar-refractivity contribution is 8.00. The van der Waals surface area contributed by atoms with Crippen LogP contribution in [0.1, 0.15) is 19.3 Å². The summed E-state index contributed by atoms with van der Waals surface area (Å²) in [4.78, 5) is 21.5. The minimum Gasteiger partial charge on any atom is -0.325 e. The van der Waals surface area contributed by atoms with Crippen LogP contribution in [0.3, 0.4) is 0 Å². The fraction of sp³-hybridized carbons (Fsp3) is 0.250. The number of nitrogens with zero attached hydrogens (tertiary/aromatic N) is 5. The van der Waals surface area contributed by atoms with Crippen molar-refractivity contribution in [3.05, 3.63) is 67.1 Å². The van der Waals surface area contributed by atoms with E-state index in [-0.39, 0.29) is 16.6 Å². The van der Waals surface area contributed by atoms with Crippen molar-refractivity contribution in [2.45, 2.75) is 29.2 Å². The number of fused-ring (bicyclic) bond motifs is 1. The normalized spacial score (nSPS) is 14.7. The number of sulfonamides is 1. The Morgan fingerprint density at radius 2 is 1.71 bits per heavy atom. The van der Waals surface area contributed by atoms with Gasteiger partial charge >= 0.3 is 0 Å². The second-order valence-corrected chi connectivity index (χ2v) is 11.0. The Morgan fingerprint density at radius 1 is 0.971 bits per heavy atom. The summed E-state index contributed by atoms with van der Waals surface area (Å²) in [5.74, 6) is -0.0833. The van der Waals surface area contributed by atoms with E-state index in [4.69, 9.17) is 0 Å². The van der Waals surface area contributed by atoms with E-state index in [1.165, 1.54) is 22.4 Å². The van der Waals surface area contributed by atoms with Gasteiger partial charge in [0.25, 0.3) is 0 Å². The van der Waals surface area contributed by atoms with E-state index in [0.29, 0.717) is 29.5 Å². The lowest BCUT2D eigenvalue weighted by atomic mass is 10.2. The van der Waals surface area contributed by atoms with Crippen LogP contribution in [0.4, 0.5) is 5.69 Å². The molecule has 1 fully saturated rings. The maximum Gasteiger partial charge on any atom is 0.243 e. The van der Waals surface area contributed by atoms with Crippen LogP contribution in [-0.4, -0.2) is 57.2 Å². The number of thioether (sulfide) groups is 1. The Labute approximate surface area is 207 Å². The molecule has 0 radical (unpaired) electrons. The molecule has 9 nitrogen and oxygen atoms in total. The number of hydrogen-bond donors (Lipinski definition) is 1. The van der Waals surface area contributed by atoms with Gasteiger partial charge in [-0.3, -0.25) is 4.79 Å². The molecule has 0 atom stereocenters. The van der Waals surface area contributed by atoms with Gasteiger partial charge in [0, 0.05) is 18.8 Å². The third-order valence-corrected chi connectivity index (χ3v) is 8.68. The molecule has 1 saturated heterocycles. The van der Waals surface area contributed by atoms with E-state index >= 15 is 0 Å². The Hall–Kier alpha value is -3.28. The standard InChI is InChI=1S/C24H24N6O3S2/c31-22(28-18-9-11-20(12-10-18)35(32,33)29-13-5-2-6-14-29)16-34-24-21-15-27-30(23(21)25-17-26-24)19-7-3-1-4-8-19/h1,3-4,7-12,15,17H,2,5-6,13-14,16H2,(H,28,31). The van der Waals surface area contributed by atoms with Crippen LogP contribution in [0.25, 0.3) is 16.7 Å². The van der Waals surface area contributed by atoms with E-state index in [1.807, 2.05) is 30.3 Å². The molecule has 0 saturated carbocycles. The number of anilines is 1. The van der Waals surface area contributed by atoms with Gasteiger partial charge in [-0.15, -0.1) is 0 Å². The minimum atomic E-state index is -3.50. The summed E-state index contributed by atoms with van der Waals surface area (Å²) in [6.45, 7) is 1.11. The van der Waals surface area contributed by atoms with Crippen molar-refractivity contribution in [3.63, 3.8) is 0 Å². The van der Waals surface area contributed by atoms with Crippen LogP contribution in [-0.2, 0) is 14.8 Å². The molecule has 5 rings (SSSR count). The molecular formula is C24H24N6O3S2. The van der Waals surface area contributed by atoms with Crippen molar-refractivity contribution < 1.29 is 13.2 Å². The Morgan fingerprint density at radius 3 is 2.46 bits per heavy atom. The Kier molecular flexibility index (Phi) is 6.80. The molecule has 1 N–H and O–H groups in total. The number of hydrogen-bond acceptors (Lipinski definition) is 7. The summed E-state index contributed by atoms with van der Waals surface area (Å²) in [6, 6.07) is 16.0. The van der Waals surface area contributed by atoms with Crippen LogP contribution < -0.4 is 5.32 Å². The molecule has 2 aromatic heterocycles. The highest BCUT2D eigenvalue weighted by Gasteiger charge is 2.25. The average molecular weight is 509 g/mol. The third-order valence-electron chi connectivity index (χ3n) is 5.76. The summed E-state index contributed by atoms with van der Waals surface area (Å²) in [7, 11) is -3.50. The molecule has 0 unspecified atom stereocenters. The van der Waals surface area contributed by atoms with Crippen LogP contribution in [0, 0.1) is 0 Å². The number of carbonyl (C=O) groups excluding carboxylic acids is 1. The van der Waals surface area contributed by atoms with Crippen molar-refractivity contribution in [1.82, 2.24) is 24.1 Å². The van der Waals surface area contributed by atoms with Gasteiger partial charge in [-0.2, -0.15) is 9.40 Å². The Bertz CT molecular complexity index is 1430. The first-order valence-corrected chi connectivity index (χ1v) is 13.7. The number of amides is 1. The fourth-order valence-electron chi connectivity index (χ4n) is 3.99. The van der Waals surface area contributed by atoms with E-state index in [0.717, 1.165) is 30.3 Å². The summed E-state index contributed by atoms with van der Waals surface area (Å²) < 4.78 is 28.9. The summed E-state index contributed by atoms with van der Waals surface area (Å²) in [6.07, 6.45) is 5.99. The van der Waals surface area contributed by atoms with Crippen molar-refractivity contribution in [2.24, 2.45) is 0 Å². The number of piperidine rings is 1. The predicted octanol–water partition coefficient (Wildman–Crippen LogP) is 3.72. The zero-order chi connectivity index (χ0) is 24.3. The third kappa shape index (κ3) is 5.07. The second kappa shape index (κ2) is 10.1. The van der Waals surface area contributed by atoms with E-state index in [9.17, 15) is 13.2 Å². The largest absolute Gasteiger partial charge is 0.325 e. The predicted molar refractivity (Wildman–Crippen MR) is 135 cm³/mol. The molecule has 1 amide bonds. The second-order valence-electron chi connectivity index (χ2n) is 8.13. The number of benzene rings is 2. The molecule has 1 aliphatic heterocycles. The molecule has 35 heavy (non-hydrogen) atoms. The molecule has 11 heteroatoms. The molecule has 2 aromatic carbocycles. The highest BCUT2D eigenvalue weighted by Crippen LogP contribution is 2.26. The number of carbonyl (C=O) groups is 1. The lowest BCUT2D eigenvalue weighted by Gasteiger charge is -2.25. The SMILES string of the molecule is O=C(CSc1ncnc2c1cnn2-c1ccccc1)Nc1ccc(S(=O)(=O)N2CCCCC2)cc1. The zero-order valence-corrected chi connectivity index (χ0v) is 20.5. The fourth-order valence-corrected chi connectivity index (χ4v) is 6.27. The van der Waals surface area contributed by atoms with E-state index in [1.54, 1.807) is 35.1 Å². The maximum atomic E-state index is 12.8. The zero-order valence-electron chi connectivity index (χ0n) is 18.9. The summed E-state index contributed by atoms with van der Waals surface area (Å²) >= 11 is 1.29. The van der Waals surface area contributed by atoms with Gasteiger partial charge in [0.15, 0.2) is 5.65 Å². The molecule has 0 spiro atoms. The van der Waals surface area contributed by atoms with Crippen LogP contribution in [0.5, 0.6) is 0 Å². The van der Waals surface area contributed by atoms with Crippen molar-refractivity contribution in [1.29, 1.82) is 0 Å². The van der Waals surface area contributed by atoms with Crippen LogP contribution >= 0.6 is 11.8 Å². The first-order valence-electron chi connectivity index (χ1n) is 11.3. The molecule has 0 aliphatic carbocycles. The van der Waals surface area contributed by atoms with Gasteiger partial charge in [-0.1, -0.05) is 36.4 Å². The minimum absolute atomic E-state index is 0.135. The van der Waals surface area contributed by atoms with Gasteiger partial charge < -0.3 is 5.32 Å². The summed E-state index contributed by atoms with van der Waals surface area (Å²) in [5, 5.41) is 8.68. The topological polar surface area (TPSA) is 110 Å². The molecular weight excluding hydrogens is 484 g/mol. The van der Waals surface area contributed by atoms with Crippen LogP contribution in [0.15, 0.2) is 77.0 Å². The van der Waals surface area contributed by atoms with Crippen LogP contribution in [0.2, 0.25) is 0 Å². The number of nitrogens with one attached hydrogen (secondary N) is 1. The first-order chi connectivity index (χ1) is 17.0. The first kappa shape index (κ1) is 23.5. The Balaban J connectivity index is 1.23.